The van der Waals surface area contributed by atoms with Crippen molar-refractivity contribution in [1.29, 1.82) is 0 Å². The summed E-state index contributed by atoms with van der Waals surface area (Å²) < 4.78 is 5.10. The van der Waals surface area contributed by atoms with Crippen LogP contribution in [-0.2, 0) is 4.74 Å². The van der Waals surface area contributed by atoms with Crippen molar-refractivity contribution in [2.75, 3.05) is 13.7 Å². The summed E-state index contributed by atoms with van der Waals surface area (Å²) in [5, 5.41) is 0. The minimum Gasteiger partial charge on any atom is -0.384 e. The Balaban J connectivity index is 2.38. The smallest absolute Gasteiger partial charge is 0.0496 e. The molecule has 1 rings (SSSR count). The number of methoxy groups -OCH3 is 1. The quantitative estimate of drug-likeness (QED) is 0.534. The minimum absolute atomic E-state index is 0.734. The molecule has 0 amide bonds. The molecule has 2 atom stereocenters. The summed E-state index contributed by atoms with van der Waals surface area (Å²) in [7, 11) is 1.77. The number of allylic oxidation sites excluding steroid dienone is 1. The van der Waals surface area contributed by atoms with E-state index in [-0.39, 0.29) is 0 Å². The fourth-order valence-corrected chi connectivity index (χ4v) is 1.71. The lowest BCUT2D eigenvalue weighted by Crippen LogP contribution is -2.10. The number of rotatable bonds is 2. The predicted octanol–water partition coefficient (Wildman–Crippen LogP) is 2.24. The van der Waals surface area contributed by atoms with E-state index in [4.69, 9.17) is 4.74 Å². The van der Waals surface area contributed by atoms with Crippen LogP contribution in [0.3, 0.4) is 0 Å². The molecule has 1 saturated carbocycles. The number of ether oxygens (including phenoxy) is 1. The van der Waals surface area contributed by atoms with Crippen molar-refractivity contribution in [2.24, 2.45) is 11.8 Å². The zero-order valence-corrected chi connectivity index (χ0v) is 6.89. The van der Waals surface area contributed by atoms with Gasteiger partial charge in [-0.3, -0.25) is 0 Å². The molecule has 10 heavy (non-hydrogen) atoms. The Bertz CT molecular complexity index is 129. The Hall–Kier alpha value is -0.300. The maximum atomic E-state index is 5.10. The van der Waals surface area contributed by atoms with Gasteiger partial charge in [0.1, 0.15) is 0 Å². The molecule has 1 nitrogen and oxygen atoms in total. The van der Waals surface area contributed by atoms with Gasteiger partial charge < -0.3 is 4.74 Å². The van der Waals surface area contributed by atoms with E-state index in [0.29, 0.717) is 0 Å². The van der Waals surface area contributed by atoms with Crippen LogP contribution in [-0.4, -0.2) is 13.7 Å². The third kappa shape index (κ3) is 1.60. The molecule has 1 aliphatic rings. The van der Waals surface area contributed by atoms with E-state index < -0.39 is 0 Å². The molecule has 0 radical (unpaired) electrons. The molecule has 0 saturated heterocycles. The van der Waals surface area contributed by atoms with Crippen molar-refractivity contribution in [3.63, 3.8) is 0 Å². The van der Waals surface area contributed by atoms with Gasteiger partial charge in [0.25, 0.3) is 0 Å². The van der Waals surface area contributed by atoms with Crippen LogP contribution in [0.2, 0.25) is 0 Å². The summed E-state index contributed by atoms with van der Waals surface area (Å²) in [4.78, 5) is 0. The Labute approximate surface area is 63.1 Å². The number of hydrogen-bond donors (Lipinski definition) is 0. The second kappa shape index (κ2) is 3.20. The van der Waals surface area contributed by atoms with Crippen LogP contribution >= 0.6 is 0 Å². The Kier molecular flexibility index (Phi) is 2.50. The molecular formula is C9H16O. The first kappa shape index (κ1) is 7.80. The van der Waals surface area contributed by atoms with E-state index in [0.717, 1.165) is 18.4 Å². The monoisotopic (exact) mass is 140 g/mol. The topological polar surface area (TPSA) is 9.23 Å². The Morgan fingerprint density at radius 1 is 1.60 bits per heavy atom. The van der Waals surface area contributed by atoms with Gasteiger partial charge in [-0.05, 0) is 24.7 Å². The molecule has 0 aromatic carbocycles. The summed E-state index contributed by atoms with van der Waals surface area (Å²) in [5.41, 5.74) is 1.40. The van der Waals surface area contributed by atoms with Gasteiger partial charge in [0.15, 0.2) is 0 Å². The average molecular weight is 140 g/mol. The van der Waals surface area contributed by atoms with Crippen LogP contribution in [0, 0.1) is 11.8 Å². The second-order valence-corrected chi connectivity index (χ2v) is 3.35. The van der Waals surface area contributed by atoms with Gasteiger partial charge in [-0.15, -0.1) is 0 Å². The predicted molar refractivity (Wildman–Crippen MR) is 42.9 cm³/mol. The summed E-state index contributed by atoms with van der Waals surface area (Å²) in [5.74, 6) is 1.52. The van der Waals surface area contributed by atoms with Crippen molar-refractivity contribution in [3.05, 3.63) is 12.2 Å². The van der Waals surface area contributed by atoms with Crippen molar-refractivity contribution in [3.8, 4) is 0 Å². The zero-order valence-electron chi connectivity index (χ0n) is 6.89. The lowest BCUT2D eigenvalue weighted by atomic mass is 10.00. The van der Waals surface area contributed by atoms with Crippen LogP contribution in [0.5, 0.6) is 0 Å². The molecule has 0 aromatic rings. The zero-order chi connectivity index (χ0) is 7.56. The maximum absolute atomic E-state index is 5.10. The van der Waals surface area contributed by atoms with Gasteiger partial charge in [0, 0.05) is 13.7 Å². The van der Waals surface area contributed by atoms with Crippen LogP contribution in [0.25, 0.3) is 0 Å². The molecule has 0 N–H and O–H groups in total. The van der Waals surface area contributed by atoms with Crippen LogP contribution in [0.15, 0.2) is 12.2 Å². The summed E-state index contributed by atoms with van der Waals surface area (Å²) in [6, 6.07) is 0. The van der Waals surface area contributed by atoms with Crippen molar-refractivity contribution < 1.29 is 4.74 Å². The largest absolute Gasteiger partial charge is 0.384 e. The van der Waals surface area contributed by atoms with Gasteiger partial charge in [0.05, 0.1) is 0 Å². The van der Waals surface area contributed by atoms with Crippen molar-refractivity contribution in [1.82, 2.24) is 0 Å². The van der Waals surface area contributed by atoms with Gasteiger partial charge in [-0.25, -0.2) is 0 Å². The molecule has 0 spiro atoms. The van der Waals surface area contributed by atoms with Gasteiger partial charge in [0.2, 0.25) is 0 Å². The lowest BCUT2D eigenvalue weighted by molar-refractivity contribution is 0.137. The van der Waals surface area contributed by atoms with Crippen LogP contribution < -0.4 is 0 Å². The first-order valence-electron chi connectivity index (χ1n) is 3.89. The third-order valence-electron chi connectivity index (χ3n) is 2.35. The lowest BCUT2D eigenvalue weighted by Gasteiger charge is -2.12. The van der Waals surface area contributed by atoms with E-state index in [2.05, 4.69) is 13.5 Å². The highest BCUT2D eigenvalue weighted by Gasteiger charge is 2.25. The fraction of sp³-hybridized carbons (Fsp3) is 0.778. The molecule has 1 heteroatoms. The molecule has 0 heterocycles. The summed E-state index contributed by atoms with van der Waals surface area (Å²) in [6.45, 7) is 7.16. The normalized spacial score (nSPS) is 33.2. The van der Waals surface area contributed by atoms with E-state index >= 15 is 0 Å². The molecule has 1 aliphatic carbocycles. The van der Waals surface area contributed by atoms with Gasteiger partial charge >= 0.3 is 0 Å². The first-order chi connectivity index (χ1) is 4.74. The average Bonchev–Trinajstić information content (AvgIpc) is 2.13. The van der Waals surface area contributed by atoms with Crippen molar-refractivity contribution in [2.45, 2.75) is 19.8 Å². The third-order valence-corrected chi connectivity index (χ3v) is 2.35. The van der Waals surface area contributed by atoms with Gasteiger partial charge in [-0.1, -0.05) is 19.1 Å². The molecule has 1 fully saturated rings. The molecule has 0 aliphatic heterocycles. The summed E-state index contributed by atoms with van der Waals surface area (Å²) in [6.07, 6.45) is 2.38. The van der Waals surface area contributed by atoms with E-state index in [9.17, 15) is 0 Å². The summed E-state index contributed by atoms with van der Waals surface area (Å²) >= 11 is 0. The second-order valence-electron chi connectivity index (χ2n) is 3.35. The molecule has 2 unspecified atom stereocenters. The highest BCUT2D eigenvalue weighted by molar-refractivity contribution is 5.04. The highest BCUT2D eigenvalue weighted by Crippen LogP contribution is 2.34. The van der Waals surface area contributed by atoms with Crippen molar-refractivity contribution >= 4 is 0 Å². The molecular weight excluding hydrogens is 124 g/mol. The van der Waals surface area contributed by atoms with Crippen LogP contribution in [0.4, 0.5) is 0 Å². The number of hydrogen-bond acceptors (Lipinski definition) is 1. The molecule has 58 valence electrons. The minimum atomic E-state index is 0.734. The van der Waals surface area contributed by atoms with E-state index in [1.54, 1.807) is 7.11 Å². The van der Waals surface area contributed by atoms with E-state index in [1.807, 2.05) is 0 Å². The standard InChI is InChI=1S/C9H16O/c1-7-4-8(2)9(5-7)6-10-3/h8-9H,1,4-6H2,2-3H3. The van der Waals surface area contributed by atoms with E-state index in [1.165, 1.54) is 18.4 Å². The molecule has 0 aromatic heterocycles. The Morgan fingerprint density at radius 2 is 2.30 bits per heavy atom. The Morgan fingerprint density at radius 3 is 2.70 bits per heavy atom. The highest BCUT2D eigenvalue weighted by atomic mass is 16.5. The maximum Gasteiger partial charge on any atom is 0.0496 e. The fourth-order valence-electron chi connectivity index (χ4n) is 1.71. The SMILES string of the molecule is C=C1CC(C)C(COC)C1. The van der Waals surface area contributed by atoms with Gasteiger partial charge in [-0.2, -0.15) is 0 Å². The van der Waals surface area contributed by atoms with Crippen LogP contribution in [0.1, 0.15) is 19.8 Å². The molecule has 0 bridgehead atoms. The first-order valence-corrected chi connectivity index (χ1v) is 3.89.